The quantitative estimate of drug-likeness (QED) is 0.907. The molecule has 2 aromatic rings. The number of oxazole rings is 1. The molecule has 2 aromatic heterocycles. The van der Waals surface area contributed by atoms with E-state index in [1.54, 1.807) is 6.20 Å². The third-order valence-electron chi connectivity index (χ3n) is 4.12. The second-order valence-electron chi connectivity index (χ2n) is 5.39. The molecule has 2 saturated heterocycles. The molecule has 2 aliphatic rings. The van der Waals surface area contributed by atoms with Crippen LogP contribution in [-0.4, -0.2) is 29.0 Å². The van der Waals surface area contributed by atoms with E-state index >= 15 is 0 Å². The number of hydrogen-bond donors (Lipinski definition) is 2. The highest BCUT2D eigenvalue weighted by Gasteiger charge is 2.39. The molecular weight excluding hydrogens is 274 g/mol. The second-order valence-corrected chi connectivity index (χ2v) is 6.48. The van der Waals surface area contributed by atoms with E-state index in [4.69, 9.17) is 4.42 Å². The minimum Gasteiger partial charge on any atom is -0.443 e. The van der Waals surface area contributed by atoms with Gasteiger partial charge in [-0.2, -0.15) is 0 Å². The van der Waals surface area contributed by atoms with Crippen molar-refractivity contribution in [2.75, 3.05) is 0 Å². The minimum atomic E-state index is 0.0140. The Balaban J connectivity index is 1.46. The zero-order valence-electron chi connectivity index (χ0n) is 10.8. The summed E-state index contributed by atoms with van der Waals surface area (Å²) in [5.41, 5.74) is 0. The normalized spacial score (nSPS) is 27.9. The molecule has 2 fully saturated rings. The van der Waals surface area contributed by atoms with Crippen LogP contribution < -0.4 is 10.6 Å². The van der Waals surface area contributed by atoms with Gasteiger partial charge in [0.15, 0.2) is 12.2 Å². The molecule has 0 radical (unpaired) electrons. The number of amides is 1. The molecule has 0 spiro atoms. The van der Waals surface area contributed by atoms with Gasteiger partial charge in [-0.3, -0.25) is 4.79 Å². The fourth-order valence-corrected chi connectivity index (χ4v) is 4.02. The topological polar surface area (TPSA) is 67.2 Å². The Kier molecular flexibility index (Phi) is 2.85. The maximum atomic E-state index is 12.3. The molecule has 0 aromatic carbocycles. The molecule has 4 rings (SSSR count). The molecule has 20 heavy (non-hydrogen) atoms. The van der Waals surface area contributed by atoms with Gasteiger partial charge in [0.05, 0.1) is 16.0 Å². The number of aromatic nitrogens is 1. The van der Waals surface area contributed by atoms with Gasteiger partial charge >= 0.3 is 0 Å². The van der Waals surface area contributed by atoms with E-state index in [9.17, 15) is 4.79 Å². The Bertz CT molecular complexity index is 622. The number of rotatable bonds is 3. The average Bonchev–Trinajstić information content (AvgIpc) is 3.21. The van der Waals surface area contributed by atoms with Crippen molar-refractivity contribution < 1.29 is 9.21 Å². The number of nitrogens with zero attached hydrogens (tertiary/aromatic N) is 1. The summed E-state index contributed by atoms with van der Waals surface area (Å²) in [5.74, 6) is 0.718. The van der Waals surface area contributed by atoms with E-state index in [0.717, 1.165) is 16.2 Å². The van der Waals surface area contributed by atoms with Crippen molar-refractivity contribution in [3.05, 3.63) is 29.6 Å². The fraction of sp³-hybridized carbons (Fsp3) is 0.429. The highest BCUT2D eigenvalue weighted by molar-refractivity contribution is 7.17. The average molecular weight is 289 g/mol. The molecule has 0 aliphatic carbocycles. The van der Waals surface area contributed by atoms with Gasteiger partial charge in [0.1, 0.15) is 0 Å². The highest BCUT2D eigenvalue weighted by atomic mass is 32.1. The molecule has 4 heterocycles. The van der Waals surface area contributed by atoms with Gasteiger partial charge in [0, 0.05) is 18.1 Å². The van der Waals surface area contributed by atoms with Gasteiger partial charge < -0.3 is 15.1 Å². The van der Waals surface area contributed by atoms with Crippen molar-refractivity contribution in [2.24, 2.45) is 0 Å². The van der Waals surface area contributed by atoms with E-state index < -0.39 is 0 Å². The van der Waals surface area contributed by atoms with Gasteiger partial charge in [0.2, 0.25) is 0 Å². The molecule has 0 unspecified atom stereocenters. The molecule has 3 atom stereocenters. The van der Waals surface area contributed by atoms with E-state index in [-0.39, 0.29) is 11.9 Å². The van der Waals surface area contributed by atoms with E-state index in [1.807, 2.05) is 12.1 Å². The van der Waals surface area contributed by atoms with Crippen LogP contribution in [0.2, 0.25) is 0 Å². The molecule has 2 aliphatic heterocycles. The summed E-state index contributed by atoms with van der Waals surface area (Å²) >= 11 is 1.44. The zero-order valence-corrected chi connectivity index (χ0v) is 11.7. The number of thiophene rings is 1. The minimum absolute atomic E-state index is 0.0140. The summed E-state index contributed by atoms with van der Waals surface area (Å²) in [4.78, 5) is 17.8. The molecule has 0 saturated carbocycles. The Morgan fingerprint density at radius 3 is 3.10 bits per heavy atom. The number of carbonyl (C=O) groups is 1. The van der Waals surface area contributed by atoms with Crippen LogP contribution in [0.1, 0.15) is 28.9 Å². The van der Waals surface area contributed by atoms with Gasteiger partial charge in [-0.25, -0.2) is 4.98 Å². The Morgan fingerprint density at radius 1 is 1.45 bits per heavy atom. The van der Waals surface area contributed by atoms with Crippen LogP contribution in [0.15, 0.2) is 29.1 Å². The standard InChI is InChI=1S/C14H15N3O2S/c18-14(17-10-5-8-1-2-9(10)16-8)13-4-3-12(20-13)11-6-15-7-19-11/h3-4,6-10,16H,1-2,5H2,(H,17,18)/t8-,9+,10-/m1/s1. The van der Waals surface area contributed by atoms with Gasteiger partial charge in [-0.15, -0.1) is 11.3 Å². The summed E-state index contributed by atoms with van der Waals surface area (Å²) in [6.45, 7) is 0. The maximum Gasteiger partial charge on any atom is 0.261 e. The van der Waals surface area contributed by atoms with Gasteiger partial charge in [-0.05, 0) is 31.4 Å². The van der Waals surface area contributed by atoms with Crippen LogP contribution in [-0.2, 0) is 0 Å². The van der Waals surface area contributed by atoms with Crippen LogP contribution >= 0.6 is 11.3 Å². The third kappa shape index (κ3) is 2.05. The van der Waals surface area contributed by atoms with Crippen molar-refractivity contribution in [3.63, 3.8) is 0 Å². The lowest BCUT2D eigenvalue weighted by atomic mass is 9.95. The van der Waals surface area contributed by atoms with Crippen molar-refractivity contribution in [3.8, 4) is 10.6 Å². The maximum absolute atomic E-state index is 12.3. The number of hydrogen-bond acceptors (Lipinski definition) is 5. The predicted molar refractivity (Wildman–Crippen MR) is 75.6 cm³/mol. The first kappa shape index (κ1) is 12.1. The van der Waals surface area contributed by atoms with E-state index in [1.165, 1.54) is 30.6 Å². The van der Waals surface area contributed by atoms with Crippen molar-refractivity contribution in [1.82, 2.24) is 15.6 Å². The van der Waals surface area contributed by atoms with Crippen molar-refractivity contribution >= 4 is 17.2 Å². The molecule has 104 valence electrons. The third-order valence-corrected chi connectivity index (χ3v) is 5.22. The first-order chi connectivity index (χ1) is 9.79. The number of carbonyl (C=O) groups excluding carboxylic acids is 1. The Labute approximate surface area is 120 Å². The lowest BCUT2D eigenvalue weighted by Gasteiger charge is -2.20. The van der Waals surface area contributed by atoms with Crippen LogP contribution in [0.4, 0.5) is 0 Å². The van der Waals surface area contributed by atoms with Crippen LogP contribution in [0, 0.1) is 0 Å². The first-order valence-corrected chi connectivity index (χ1v) is 7.67. The molecular formula is C14H15N3O2S. The number of fused-ring (bicyclic) bond motifs is 2. The smallest absolute Gasteiger partial charge is 0.261 e. The summed E-state index contributed by atoms with van der Waals surface area (Å²) in [6.07, 6.45) is 6.52. The second kappa shape index (κ2) is 4.71. The monoisotopic (exact) mass is 289 g/mol. The van der Waals surface area contributed by atoms with Crippen LogP contribution in [0.3, 0.4) is 0 Å². The SMILES string of the molecule is O=C(N[C@@H]1C[C@H]2CC[C@@H]1N2)c1ccc(-c2cnco2)s1. The lowest BCUT2D eigenvalue weighted by Crippen LogP contribution is -2.42. The summed E-state index contributed by atoms with van der Waals surface area (Å²) in [5, 5.41) is 6.68. The molecule has 5 nitrogen and oxygen atoms in total. The molecule has 2 N–H and O–H groups in total. The van der Waals surface area contributed by atoms with Crippen LogP contribution in [0.5, 0.6) is 0 Å². The Hall–Kier alpha value is -1.66. The lowest BCUT2D eigenvalue weighted by molar-refractivity contribution is 0.0935. The predicted octanol–water partition coefficient (Wildman–Crippen LogP) is 2.03. The Morgan fingerprint density at radius 2 is 2.40 bits per heavy atom. The van der Waals surface area contributed by atoms with Crippen LogP contribution in [0.25, 0.3) is 10.6 Å². The molecule has 1 amide bonds. The van der Waals surface area contributed by atoms with Gasteiger partial charge in [-0.1, -0.05) is 0 Å². The first-order valence-electron chi connectivity index (χ1n) is 6.85. The van der Waals surface area contributed by atoms with E-state index in [2.05, 4.69) is 15.6 Å². The highest BCUT2D eigenvalue weighted by Crippen LogP contribution is 2.30. The van der Waals surface area contributed by atoms with Crippen molar-refractivity contribution in [1.29, 1.82) is 0 Å². The zero-order chi connectivity index (χ0) is 13.5. The summed E-state index contributed by atoms with van der Waals surface area (Å²) < 4.78 is 5.24. The summed E-state index contributed by atoms with van der Waals surface area (Å²) in [6, 6.07) is 5.07. The fourth-order valence-electron chi connectivity index (χ4n) is 3.15. The molecule has 6 heteroatoms. The summed E-state index contributed by atoms with van der Waals surface area (Å²) in [7, 11) is 0. The van der Waals surface area contributed by atoms with E-state index in [0.29, 0.717) is 17.8 Å². The molecule has 2 bridgehead atoms. The largest absolute Gasteiger partial charge is 0.443 e. The van der Waals surface area contributed by atoms with Gasteiger partial charge in [0.25, 0.3) is 5.91 Å². The van der Waals surface area contributed by atoms with Crippen molar-refractivity contribution in [2.45, 2.75) is 37.4 Å². The number of nitrogens with one attached hydrogen (secondary N) is 2.